The molecule has 0 radical (unpaired) electrons. The lowest BCUT2D eigenvalue weighted by molar-refractivity contribution is -0.146. The van der Waals surface area contributed by atoms with Crippen LogP contribution in [0.4, 0.5) is 5.69 Å². The number of methoxy groups -OCH3 is 1. The van der Waals surface area contributed by atoms with Gasteiger partial charge in [0.2, 0.25) is 0 Å². The van der Waals surface area contributed by atoms with Crippen molar-refractivity contribution in [3.8, 4) is 0 Å². The van der Waals surface area contributed by atoms with Gasteiger partial charge in [-0.25, -0.2) is 0 Å². The molecule has 1 aromatic rings. The summed E-state index contributed by atoms with van der Waals surface area (Å²) in [5.74, 6) is -0.170. The molecule has 1 saturated heterocycles. The summed E-state index contributed by atoms with van der Waals surface area (Å²) in [4.78, 5) is 15.9. The summed E-state index contributed by atoms with van der Waals surface area (Å²) in [5.41, 5.74) is 1.14. The van der Waals surface area contributed by atoms with Crippen molar-refractivity contribution < 1.29 is 9.53 Å². The molecule has 0 bridgehead atoms. The van der Waals surface area contributed by atoms with Gasteiger partial charge in [0.15, 0.2) is 0 Å². The fraction of sp³-hybridized carbons (Fsp3) is 0.500. The van der Waals surface area contributed by atoms with Gasteiger partial charge in [-0.1, -0.05) is 17.7 Å². The van der Waals surface area contributed by atoms with Crippen molar-refractivity contribution in [2.75, 3.05) is 38.2 Å². The minimum absolute atomic E-state index is 0.170. The number of esters is 1. The lowest BCUT2D eigenvalue weighted by Crippen LogP contribution is -2.52. The number of benzene rings is 1. The number of carbonyl (C=O) groups is 1. The van der Waals surface area contributed by atoms with Crippen LogP contribution in [0.2, 0.25) is 5.02 Å². The van der Waals surface area contributed by atoms with Gasteiger partial charge in [-0.15, -0.1) is 0 Å². The van der Waals surface area contributed by atoms with E-state index in [1.807, 2.05) is 25.1 Å². The first kappa shape index (κ1) is 14.2. The van der Waals surface area contributed by atoms with Crippen molar-refractivity contribution in [2.45, 2.75) is 13.0 Å². The summed E-state index contributed by atoms with van der Waals surface area (Å²) < 4.78 is 4.78. The Kier molecular flexibility index (Phi) is 4.66. The van der Waals surface area contributed by atoms with Crippen molar-refractivity contribution in [1.82, 2.24) is 4.90 Å². The lowest BCUT2D eigenvalue weighted by Gasteiger charge is -2.38. The number of rotatable bonds is 3. The molecule has 2 rings (SSSR count). The van der Waals surface area contributed by atoms with E-state index in [2.05, 4.69) is 15.9 Å². The van der Waals surface area contributed by atoms with Gasteiger partial charge in [-0.05, 0) is 25.1 Å². The maximum absolute atomic E-state index is 11.5. The van der Waals surface area contributed by atoms with E-state index >= 15 is 0 Å². The van der Waals surface area contributed by atoms with Crippen LogP contribution >= 0.6 is 11.6 Å². The van der Waals surface area contributed by atoms with Gasteiger partial charge < -0.3 is 9.64 Å². The second kappa shape index (κ2) is 6.26. The summed E-state index contributed by atoms with van der Waals surface area (Å²) >= 11 is 6.01. The Bertz CT molecular complexity index is 445. The van der Waals surface area contributed by atoms with Gasteiger partial charge >= 0.3 is 5.97 Å². The van der Waals surface area contributed by atoms with Crippen LogP contribution in [0.3, 0.4) is 0 Å². The molecule has 1 fully saturated rings. The summed E-state index contributed by atoms with van der Waals surface area (Å²) in [6.45, 7) is 5.37. The minimum atomic E-state index is -0.175. The Morgan fingerprint density at radius 2 is 2.00 bits per heavy atom. The fourth-order valence-electron chi connectivity index (χ4n) is 2.36. The van der Waals surface area contributed by atoms with Crippen molar-refractivity contribution in [2.24, 2.45) is 0 Å². The first-order chi connectivity index (χ1) is 9.11. The van der Waals surface area contributed by atoms with Gasteiger partial charge in [0.25, 0.3) is 0 Å². The molecular formula is C14H19ClN2O2. The van der Waals surface area contributed by atoms with E-state index < -0.39 is 0 Å². The molecule has 1 aliphatic rings. The Hall–Kier alpha value is -1.26. The van der Waals surface area contributed by atoms with Crippen LogP contribution in [0.15, 0.2) is 24.3 Å². The standard InChI is InChI=1S/C14H19ClN2O2/c1-11(14(18)19-2)16-6-8-17(9-7-16)13-5-3-4-12(15)10-13/h3-5,10-11H,6-9H2,1-2H3. The molecule has 0 aliphatic carbocycles. The smallest absolute Gasteiger partial charge is 0.322 e. The SMILES string of the molecule is COC(=O)C(C)N1CCN(c2cccc(Cl)c2)CC1. The van der Waals surface area contributed by atoms with Crippen LogP contribution in [0.25, 0.3) is 0 Å². The van der Waals surface area contributed by atoms with Crippen LogP contribution < -0.4 is 4.90 Å². The Balaban J connectivity index is 1.94. The summed E-state index contributed by atoms with van der Waals surface area (Å²) in [5, 5.41) is 0.753. The molecular weight excluding hydrogens is 264 g/mol. The van der Waals surface area contributed by atoms with E-state index in [0.29, 0.717) is 0 Å². The van der Waals surface area contributed by atoms with Gasteiger partial charge in [0.05, 0.1) is 7.11 Å². The molecule has 5 heteroatoms. The molecule has 0 spiro atoms. The van der Waals surface area contributed by atoms with Gasteiger partial charge in [0.1, 0.15) is 6.04 Å². The molecule has 0 saturated carbocycles. The second-order valence-electron chi connectivity index (χ2n) is 4.70. The average Bonchev–Trinajstić information content (AvgIpc) is 2.46. The molecule has 1 heterocycles. The van der Waals surface area contributed by atoms with E-state index in [1.54, 1.807) is 0 Å². The van der Waals surface area contributed by atoms with Crippen LogP contribution in [-0.4, -0.2) is 50.2 Å². The van der Waals surface area contributed by atoms with E-state index in [0.717, 1.165) is 36.9 Å². The van der Waals surface area contributed by atoms with E-state index in [4.69, 9.17) is 16.3 Å². The van der Waals surface area contributed by atoms with Crippen molar-refractivity contribution >= 4 is 23.3 Å². The zero-order chi connectivity index (χ0) is 13.8. The largest absolute Gasteiger partial charge is 0.468 e. The maximum Gasteiger partial charge on any atom is 0.322 e. The van der Waals surface area contributed by atoms with Gasteiger partial charge in [-0.3, -0.25) is 9.69 Å². The highest BCUT2D eigenvalue weighted by molar-refractivity contribution is 6.30. The Morgan fingerprint density at radius 3 is 2.58 bits per heavy atom. The number of hydrogen-bond donors (Lipinski definition) is 0. The van der Waals surface area contributed by atoms with Crippen LogP contribution in [0, 0.1) is 0 Å². The first-order valence-electron chi connectivity index (χ1n) is 6.44. The van der Waals surface area contributed by atoms with Gasteiger partial charge in [-0.2, -0.15) is 0 Å². The first-order valence-corrected chi connectivity index (χ1v) is 6.82. The predicted molar refractivity (Wildman–Crippen MR) is 76.7 cm³/mol. The number of hydrogen-bond acceptors (Lipinski definition) is 4. The summed E-state index contributed by atoms with van der Waals surface area (Å²) in [6.07, 6.45) is 0. The third kappa shape index (κ3) is 3.39. The average molecular weight is 283 g/mol. The Labute approximate surface area is 118 Å². The topological polar surface area (TPSA) is 32.8 Å². The highest BCUT2D eigenvalue weighted by atomic mass is 35.5. The highest BCUT2D eigenvalue weighted by Gasteiger charge is 2.26. The third-order valence-electron chi connectivity index (χ3n) is 3.58. The van der Waals surface area contributed by atoms with E-state index in [9.17, 15) is 4.79 Å². The van der Waals surface area contributed by atoms with Crippen LogP contribution in [0.1, 0.15) is 6.92 Å². The number of nitrogens with zero attached hydrogens (tertiary/aromatic N) is 2. The molecule has 19 heavy (non-hydrogen) atoms. The number of ether oxygens (including phenoxy) is 1. The number of halogens is 1. The Morgan fingerprint density at radius 1 is 1.32 bits per heavy atom. The molecule has 4 nitrogen and oxygen atoms in total. The summed E-state index contributed by atoms with van der Waals surface area (Å²) in [7, 11) is 1.43. The predicted octanol–water partition coefficient (Wildman–Crippen LogP) is 2.02. The molecule has 1 atom stereocenters. The second-order valence-corrected chi connectivity index (χ2v) is 5.14. The van der Waals surface area contributed by atoms with E-state index in [-0.39, 0.29) is 12.0 Å². The molecule has 104 valence electrons. The highest BCUT2D eigenvalue weighted by Crippen LogP contribution is 2.21. The third-order valence-corrected chi connectivity index (χ3v) is 3.81. The van der Waals surface area contributed by atoms with Gasteiger partial charge in [0, 0.05) is 36.9 Å². The zero-order valence-corrected chi connectivity index (χ0v) is 12.1. The lowest BCUT2D eigenvalue weighted by atomic mass is 10.2. The van der Waals surface area contributed by atoms with Crippen molar-refractivity contribution in [3.63, 3.8) is 0 Å². The summed E-state index contributed by atoms with van der Waals surface area (Å²) in [6, 6.07) is 7.69. The minimum Gasteiger partial charge on any atom is -0.468 e. The normalized spacial score (nSPS) is 18.2. The number of carbonyl (C=O) groups excluding carboxylic acids is 1. The zero-order valence-electron chi connectivity index (χ0n) is 11.3. The molecule has 0 amide bonds. The number of piperazine rings is 1. The van der Waals surface area contributed by atoms with Crippen molar-refractivity contribution in [3.05, 3.63) is 29.3 Å². The number of anilines is 1. The van der Waals surface area contributed by atoms with E-state index in [1.165, 1.54) is 7.11 Å². The molecule has 1 aliphatic heterocycles. The van der Waals surface area contributed by atoms with Crippen LogP contribution in [0.5, 0.6) is 0 Å². The van der Waals surface area contributed by atoms with Crippen molar-refractivity contribution in [1.29, 1.82) is 0 Å². The monoisotopic (exact) mass is 282 g/mol. The fourth-order valence-corrected chi connectivity index (χ4v) is 2.54. The maximum atomic E-state index is 11.5. The molecule has 1 aromatic carbocycles. The van der Waals surface area contributed by atoms with Crippen LogP contribution in [-0.2, 0) is 9.53 Å². The molecule has 0 N–H and O–H groups in total. The molecule has 0 aromatic heterocycles. The quantitative estimate of drug-likeness (QED) is 0.794. The molecule has 1 unspecified atom stereocenters.